The fraction of sp³-hybridized carbons (Fsp3) is 1.00. The molecule has 0 amide bonds. The normalized spacial score (nSPS) is 10.3. The van der Waals surface area contributed by atoms with Crippen LogP contribution in [0.2, 0.25) is 0 Å². The average molecular weight is 196 g/mol. The molecule has 0 saturated heterocycles. The molecular weight excluding hydrogens is 194 g/mol. The van der Waals surface area contributed by atoms with Gasteiger partial charge in [-0.1, -0.05) is 34.8 Å². The van der Waals surface area contributed by atoms with Gasteiger partial charge in [-0.2, -0.15) is 0 Å². The van der Waals surface area contributed by atoms with E-state index in [0.717, 1.165) is 0 Å². The van der Waals surface area contributed by atoms with Gasteiger partial charge in [0.25, 0.3) is 0 Å². The van der Waals surface area contributed by atoms with E-state index in [1.807, 2.05) is 0 Å². The van der Waals surface area contributed by atoms with Crippen molar-refractivity contribution >= 4 is 34.8 Å². The van der Waals surface area contributed by atoms with Crippen LogP contribution in [0.25, 0.3) is 0 Å². The summed E-state index contributed by atoms with van der Waals surface area (Å²) in [4.78, 5) is 0. The number of alkyl halides is 3. The van der Waals surface area contributed by atoms with Crippen molar-refractivity contribution in [3.05, 3.63) is 0 Å². The molecule has 0 N–H and O–H groups in total. The van der Waals surface area contributed by atoms with Crippen LogP contribution in [0.3, 0.4) is 0 Å². The fourth-order valence-electron chi connectivity index (χ4n) is 0. The molecule has 0 heterocycles. The van der Waals surface area contributed by atoms with Crippen LogP contribution in [0, 0.1) is 0 Å². The van der Waals surface area contributed by atoms with Crippen molar-refractivity contribution in [3.8, 4) is 0 Å². The molecule has 0 bridgehead atoms. The minimum absolute atomic E-state index is 0. The summed E-state index contributed by atoms with van der Waals surface area (Å²) in [5.41, 5.74) is 0. The van der Waals surface area contributed by atoms with Crippen LogP contribution in [0.15, 0.2) is 0 Å². The fourth-order valence-corrected chi connectivity index (χ4v) is 0. The maximum Gasteiger partial charge on any atom is 0.216 e. The molecule has 1 radical (unpaired) electrons. The summed E-state index contributed by atoms with van der Waals surface area (Å²) < 4.78 is -1.60. The molecule has 0 aliphatic carbocycles. The molecule has 0 rings (SSSR count). The molecule has 1 nitrogen and oxygen atoms in total. The average Bonchev–Trinajstić information content (AvgIpc) is 1.35. The molecule has 0 aliphatic rings. The van der Waals surface area contributed by atoms with Gasteiger partial charge < -0.3 is 0 Å². The standard InChI is InChI=1S/C2H2Cl3O.Ti/c3-2(4,5)1-6;/h1H2;. The van der Waals surface area contributed by atoms with Crippen LogP contribution >= 0.6 is 34.8 Å². The first-order chi connectivity index (χ1) is 2.56. The maximum atomic E-state index is 9.56. The monoisotopic (exact) mass is 195 g/mol. The molecule has 0 unspecified atom stereocenters. The summed E-state index contributed by atoms with van der Waals surface area (Å²) in [5.74, 6) is 0. The van der Waals surface area contributed by atoms with E-state index in [2.05, 4.69) is 0 Å². The Hall–Kier alpha value is 1.54. The van der Waals surface area contributed by atoms with Gasteiger partial charge in [0.1, 0.15) is 6.61 Å². The second-order valence-electron chi connectivity index (χ2n) is 0.760. The van der Waals surface area contributed by atoms with Crippen LogP contribution < -0.4 is 0 Å². The van der Waals surface area contributed by atoms with E-state index < -0.39 is 10.4 Å². The quantitative estimate of drug-likeness (QED) is 0.416. The molecule has 0 saturated carbocycles. The van der Waals surface area contributed by atoms with E-state index >= 15 is 0 Å². The molecule has 0 fully saturated rings. The number of rotatable bonds is 0. The van der Waals surface area contributed by atoms with E-state index in [9.17, 15) is 5.11 Å². The van der Waals surface area contributed by atoms with E-state index in [0.29, 0.717) is 0 Å². The zero-order valence-corrected chi connectivity index (χ0v) is 7.08. The molecule has 0 aliphatic heterocycles. The van der Waals surface area contributed by atoms with Gasteiger partial charge in [-0.25, -0.2) is 5.11 Å². The Morgan fingerprint density at radius 2 is 1.43 bits per heavy atom. The first-order valence-corrected chi connectivity index (χ1v) is 2.34. The Labute approximate surface area is 71.8 Å². The second kappa shape index (κ2) is 4.43. The van der Waals surface area contributed by atoms with E-state index in [1.54, 1.807) is 0 Å². The predicted molar refractivity (Wildman–Crippen MR) is 25.8 cm³/mol. The smallest absolute Gasteiger partial charge is 0.216 e. The molecule has 5 heteroatoms. The third-order valence-electron chi connectivity index (χ3n) is 0.164. The molecule has 41 valence electrons. The Kier molecular flexibility index (Phi) is 7.18. The first kappa shape index (κ1) is 11.4. The summed E-state index contributed by atoms with van der Waals surface area (Å²) in [6, 6.07) is 0. The van der Waals surface area contributed by atoms with Gasteiger partial charge in [-0.05, 0) is 0 Å². The van der Waals surface area contributed by atoms with E-state index in [1.165, 1.54) is 0 Å². The number of hydrogen-bond acceptors (Lipinski definition) is 0. The van der Waals surface area contributed by atoms with Crippen LogP contribution in [0.1, 0.15) is 0 Å². The van der Waals surface area contributed by atoms with Crippen LogP contribution in [-0.2, 0) is 26.8 Å². The zero-order chi connectivity index (χ0) is 5.21. The third-order valence-corrected chi connectivity index (χ3v) is 0.491. The number of hydrogen-bond donors (Lipinski definition) is 0. The van der Waals surface area contributed by atoms with Gasteiger partial charge in [0, 0.05) is 21.7 Å². The van der Waals surface area contributed by atoms with Crippen LogP contribution in [0.5, 0.6) is 0 Å². The SMILES string of the molecule is [O]CC(Cl)(Cl)Cl.[Ti]. The minimum Gasteiger partial charge on any atom is -0.232 e. The van der Waals surface area contributed by atoms with Crippen LogP contribution in [0.4, 0.5) is 0 Å². The van der Waals surface area contributed by atoms with Crippen molar-refractivity contribution in [2.75, 3.05) is 6.61 Å². The van der Waals surface area contributed by atoms with Crippen molar-refractivity contribution in [3.63, 3.8) is 0 Å². The van der Waals surface area contributed by atoms with Gasteiger partial charge in [-0.15, -0.1) is 0 Å². The van der Waals surface area contributed by atoms with Gasteiger partial charge >= 0.3 is 0 Å². The molecule has 0 aromatic heterocycles. The van der Waals surface area contributed by atoms with Crippen LogP contribution in [-0.4, -0.2) is 10.4 Å². The molecule has 0 aromatic carbocycles. The summed E-state index contributed by atoms with van der Waals surface area (Å²) in [6.07, 6.45) is 0. The van der Waals surface area contributed by atoms with E-state index in [-0.39, 0.29) is 21.7 Å². The molecule has 0 spiro atoms. The van der Waals surface area contributed by atoms with Gasteiger partial charge in [-0.3, -0.25) is 0 Å². The topological polar surface area (TPSA) is 19.9 Å². The van der Waals surface area contributed by atoms with Crippen molar-refractivity contribution in [2.45, 2.75) is 3.79 Å². The Morgan fingerprint density at radius 3 is 1.43 bits per heavy atom. The minimum atomic E-state index is -1.60. The summed E-state index contributed by atoms with van der Waals surface area (Å²) in [7, 11) is 0. The third kappa shape index (κ3) is 11.2. The van der Waals surface area contributed by atoms with Crippen molar-refractivity contribution in [1.29, 1.82) is 0 Å². The molecule has 0 atom stereocenters. The second-order valence-corrected chi connectivity index (χ2v) is 3.28. The molecule has 7 heavy (non-hydrogen) atoms. The Balaban J connectivity index is 0. The zero-order valence-electron chi connectivity index (χ0n) is 3.25. The van der Waals surface area contributed by atoms with Gasteiger partial charge in [0.05, 0.1) is 0 Å². The summed E-state index contributed by atoms with van der Waals surface area (Å²) >= 11 is 14.8. The van der Waals surface area contributed by atoms with Crippen molar-refractivity contribution < 1.29 is 26.8 Å². The van der Waals surface area contributed by atoms with Crippen molar-refractivity contribution in [2.24, 2.45) is 0 Å². The summed E-state index contributed by atoms with van der Waals surface area (Å²) in [5, 5.41) is 9.56. The Morgan fingerprint density at radius 1 is 1.29 bits per heavy atom. The first-order valence-electron chi connectivity index (χ1n) is 1.21. The van der Waals surface area contributed by atoms with Crippen molar-refractivity contribution in [1.82, 2.24) is 0 Å². The Bertz CT molecular complexity index is 42.7. The van der Waals surface area contributed by atoms with Gasteiger partial charge in [0.15, 0.2) is 0 Å². The van der Waals surface area contributed by atoms with Gasteiger partial charge in [0.2, 0.25) is 3.79 Å². The molecule has 0 aromatic rings. The summed E-state index contributed by atoms with van der Waals surface area (Å²) in [6.45, 7) is -0.683. The maximum absolute atomic E-state index is 9.56. The van der Waals surface area contributed by atoms with E-state index in [4.69, 9.17) is 34.8 Å². The largest absolute Gasteiger partial charge is 0.232 e. The molecular formula is C2H2Cl3OTi. The predicted octanol–water partition coefficient (Wildman–Crippen LogP) is 1.78. The number of halogens is 3.